The van der Waals surface area contributed by atoms with Crippen LogP contribution in [0, 0.1) is 33.1 Å². The molecule has 19 heteroatoms. The molecule has 0 bridgehead atoms. The minimum absolute atomic E-state index is 0.0299. The van der Waals surface area contributed by atoms with Crippen LogP contribution in [-0.2, 0) is 28.7 Å². The first kappa shape index (κ1) is 51.5. The molecule has 2 aromatic carbocycles. The first-order valence-corrected chi connectivity index (χ1v) is 25.2. The van der Waals surface area contributed by atoms with Crippen molar-refractivity contribution in [2.75, 3.05) is 46.6 Å². The summed E-state index contributed by atoms with van der Waals surface area (Å²) in [5.41, 5.74) is 7.78. The summed E-state index contributed by atoms with van der Waals surface area (Å²) in [6, 6.07) is 12.6. The summed E-state index contributed by atoms with van der Waals surface area (Å²) in [4.78, 5) is 69.4. The van der Waals surface area contributed by atoms with E-state index in [1.165, 1.54) is 4.90 Å². The van der Waals surface area contributed by atoms with Crippen molar-refractivity contribution in [3.8, 4) is 15.4 Å². The van der Waals surface area contributed by atoms with E-state index < -0.39 is 41.5 Å². The van der Waals surface area contributed by atoms with Gasteiger partial charge in [0, 0.05) is 60.8 Å². The number of likely N-dealkylation sites (N-methyl/N-ethyl adjacent to an activating group) is 1. The molecule has 1 unspecified atom stereocenters. The number of thiophene rings is 1. The van der Waals surface area contributed by atoms with Crippen molar-refractivity contribution in [1.82, 2.24) is 40.2 Å². The van der Waals surface area contributed by atoms with Gasteiger partial charge in [-0.15, -0.1) is 32.9 Å². The molecular weight excluding hydrogens is 938 g/mol. The van der Waals surface area contributed by atoms with E-state index in [0.717, 1.165) is 59.8 Å². The average molecular weight is 1000 g/mol. The molecule has 0 saturated carbocycles. The third-order valence-corrected chi connectivity index (χ3v) is 15.0. The number of rotatable bonds is 18. The number of benzene rings is 2. The van der Waals surface area contributed by atoms with Crippen molar-refractivity contribution < 1.29 is 33.8 Å². The largest absolute Gasteiger partial charge is 0.391 e. The zero-order chi connectivity index (χ0) is 49.7. The van der Waals surface area contributed by atoms with Crippen LogP contribution in [0.25, 0.3) is 15.4 Å². The molecule has 4 amide bonds. The number of carbonyl (C=O) groups excluding carboxylic acids is 4. The third-order valence-electron chi connectivity index (χ3n) is 12.6. The molecule has 1 saturated heterocycles. The number of nitrogens with zero attached hydrogens (tertiary/aromatic N) is 7. The van der Waals surface area contributed by atoms with Gasteiger partial charge in [0.25, 0.3) is 0 Å². The highest BCUT2D eigenvalue weighted by Gasteiger charge is 2.45. The smallest absolute Gasteiger partial charge is 0.246 e. The Bertz CT molecular complexity index is 2670. The highest BCUT2D eigenvalue weighted by molar-refractivity contribution is 7.15. The molecule has 3 aromatic heterocycles. The maximum atomic E-state index is 14.1. The average Bonchev–Trinajstić information content (AvgIpc) is 4.08. The number of aliphatic imine (C=N–C) groups is 1. The highest BCUT2D eigenvalue weighted by atomic mass is 35.5. The first-order chi connectivity index (χ1) is 32.8. The van der Waals surface area contributed by atoms with Crippen LogP contribution >= 0.6 is 34.3 Å². The molecule has 69 heavy (non-hydrogen) atoms. The molecule has 7 rings (SSSR count). The Labute approximate surface area is 416 Å². The van der Waals surface area contributed by atoms with Crippen molar-refractivity contribution in [1.29, 1.82) is 0 Å². The summed E-state index contributed by atoms with van der Waals surface area (Å²) in [5, 5.41) is 27.0. The van der Waals surface area contributed by atoms with Crippen molar-refractivity contribution in [3.63, 3.8) is 0 Å². The number of amides is 4. The number of hydrogen-bond acceptors (Lipinski definition) is 13. The summed E-state index contributed by atoms with van der Waals surface area (Å²) < 4.78 is 13.5. The maximum Gasteiger partial charge on any atom is 0.246 e. The van der Waals surface area contributed by atoms with Crippen LogP contribution in [0.2, 0.25) is 5.02 Å². The summed E-state index contributed by atoms with van der Waals surface area (Å²) >= 11 is 9.48. The lowest BCUT2D eigenvalue weighted by atomic mass is 9.85. The molecule has 2 aliphatic heterocycles. The van der Waals surface area contributed by atoms with Crippen LogP contribution in [-0.4, -0.2) is 129 Å². The van der Waals surface area contributed by atoms with Gasteiger partial charge in [0.15, 0.2) is 5.82 Å². The molecule has 368 valence electrons. The number of aliphatic hydroxyl groups is 1. The van der Waals surface area contributed by atoms with Gasteiger partial charge in [0.1, 0.15) is 35.6 Å². The topological polar surface area (TPSA) is 193 Å². The summed E-state index contributed by atoms with van der Waals surface area (Å²) in [7, 11) is 1.73. The number of ether oxygens (including phenoxy) is 2. The van der Waals surface area contributed by atoms with E-state index in [9.17, 15) is 24.3 Å². The molecule has 2 aliphatic rings. The van der Waals surface area contributed by atoms with Crippen LogP contribution in [0.4, 0.5) is 0 Å². The predicted molar refractivity (Wildman–Crippen MR) is 268 cm³/mol. The molecule has 5 atom stereocenters. The van der Waals surface area contributed by atoms with Gasteiger partial charge in [0.05, 0.1) is 47.0 Å². The van der Waals surface area contributed by atoms with E-state index in [1.54, 1.807) is 34.6 Å². The van der Waals surface area contributed by atoms with Crippen molar-refractivity contribution >= 4 is 63.6 Å². The normalized spacial score (nSPS) is 17.6. The Morgan fingerprint density at radius 1 is 0.957 bits per heavy atom. The molecule has 5 heterocycles. The van der Waals surface area contributed by atoms with E-state index in [4.69, 9.17) is 26.1 Å². The highest BCUT2D eigenvalue weighted by Crippen LogP contribution is 2.40. The van der Waals surface area contributed by atoms with E-state index in [-0.39, 0.29) is 57.1 Å². The van der Waals surface area contributed by atoms with E-state index in [2.05, 4.69) is 39.7 Å². The number of aliphatic hydroxyl groups excluding tert-OH is 1. The molecule has 0 aliphatic carbocycles. The Morgan fingerprint density at radius 2 is 1.65 bits per heavy atom. The zero-order valence-electron chi connectivity index (χ0n) is 40.7. The van der Waals surface area contributed by atoms with Gasteiger partial charge in [-0.05, 0) is 75.3 Å². The minimum atomic E-state index is -0.984. The fourth-order valence-corrected chi connectivity index (χ4v) is 10.7. The fraction of sp³-hybridized carbons (Fsp3) is 0.480. The number of likely N-dealkylation sites (tertiary alicyclic amines) is 1. The Hall–Kier alpha value is -5.37. The predicted octanol–water partition coefficient (Wildman–Crippen LogP) is 6.87. The van der Waals surface area contributed by atoms with Crippen LogP contribution in [0.15, 0.2) is 59.0 Å². The van der Waals surface area contributed by atoms with E-state index in [0.29, 0.717) is 30.4 Å². The lowest BCUT2D eigenvalue weighted by Gasteiger charge is -2.35. The van der Waals surface area contributed by atoms with Gasteiger partial charge in [-0.25, -0.2) is 4.98 Å². The second-order valence-corrected chi connectivity index (χ2v) is 21.3. The third kappa shape index (κ3) is 12.0. The Balaban J connectivity index is 0.853. The van der Waals surface area contributed by atoms with Gasteiger partial charge in [0.2, 0.25) is 23.6 Å². The van der Waals surface area contributed by atoms with Gasteiger partial charge in [-0.2, -0.15) is 0 Å². The monoisotopic (exact) mass is 999 g/mol. The number of halogens is 1. The van der Waals surface area contributed by atoms with Crippen molar-refractivity contribution in [3.05, 3.63) is 104 Å². The van der Waals surface area contributed by atoms with E-state index >= 15 is 0 Å². The number of hydrogen-bond donors (Lipinski definition) is 3. The Kier molecular flexibility index (Phi) is 16.5. The molecule has 5 aromatic rings. The second kappa shape index (κ2) is 22.2. The van der Waals surface area contributed by atoms with Crippen molar-refractivity contribution in [2.24, 2.45) is 10.4 Å². The van der Waals surface area contributed by atoms with Crippen LogP contribution in [0.3, 0.4) is 0 Å². The fourth-order valence-electron chi connectivity index (χ4n) is 8.53. The Morgan fingerprint density at radius 3 is 2.33 bits per heavy atom. The SMILES string of the molecule is Cc1ncsc1-c1ccc([C@H](C)NC(=O)[C@@H]2C[C@@H](O)CN2C(=O)C(NC(=O)COCCCOCCN(C)C(=O)C[C@@H]2N=C(c3ccc(Cl)cc3)c3c(sc(C)c3C)-n3c(C)nnc32)C(C)(C)C)cc1. The number of β-amino-alcohol motifs (C(OH)–C–C–N with tert-alkyl or cyclic N) is 1. The summed E-state index contributed by atoms with van der Waals surface area (Å²) in [6.45, 7) is 16.3. The molecule has 1 fully saturated rings. The standard InChI is InChI=1S/C50H62ClN9O7S2/c1-28-31(4)69-49-42(28)43(34-15-17-36(51)18-16-34)54-38(46-57-56-32(5)60(46)49)24-41(63)58(9)19-22-66-20-10-21-67-26-40(62)55-45(50(6,7)8)48(65)59-25-37(61)23-39(59)47(64)53-29(2)33-11-13-35(14-12-33)44-30(3)52-27-68-44/h11-18,27,29,37-39,45,61H,10,19-26H2,1-9H3,(H,53,64)(H,55,62)/t29-,37+,38-,39-,45?/m0/s1. The first-order valence-electron chi connectivity index (χ1n) is 23.2. The lowest BCUT2D eigenvalue weighted by molar-refractivity contribution is -0.144. The van der Waals surface area contributed by atoms with Crippen LogP contribution in [0.5, 0.6) is 0 Å². The number of nitrogens with one attached hydrogen (secondary N) is 2. The lowest BCUT2D eigenvalue weighted by Crippen LogP contribution is -2.58. The number of aromatic nitrogens is 4. The number of fused-ring (bicyclic) bond motifs is 3. The van der Waals surface area contributed by atoms with Gasteiger partial charge >= 0.3 is 0 Å². The second-order valence-electron chi connectivity index (χ2n) is 18.8. The van der Waals surface area contributed by atoms with Crippen LogP contribution < -0.4 is 10.6 Å². The quantitative estimate of drug-likeness (QED) is 0.0781. The van der Waals surface area contributed by atoms with Crippen LogP contribution in [0.1, 0.15) is 104 Å². The maximum absolute atomic E-state index is 14.1. The minimum Gasteiger partial charge on any atom is -0.391 e. The van der Waals surface area contributed by atoms with Crippen molar-refractivity contribution in [2.45, 2.75) is 105 Å². The molecule has 16 nitrogen and oxygen atoms in total. The van der Waals surface area contributed by atoms with Gasteiger partial charge < -0.3 is 35.0 Å². The summed E-state index contributed by atoms with van der Waals surface area (Å²) in [5.74, 6) is -0.109. The molecule has 0 spiro atoms. The van der Waals surface area contributed by atoms with E-state index in [1.807, 2.05) is 100 Å². The summed E-state index contributed by atoms with van der Waals surface area (Å²) in [6.07, 6.45) is -0.236. The number of aryl methyl sites for hydroxylation is 3. The molecule has 0 radical (unpaired) electrons. The molecular formula is C50H62ClN9O7S2. The number of carbonyl (C=O) groups is 4. The van der Waals surface area contributed by atoms with Gasteiger partial charge in [-0.1, -0.05) is 68.8 Å². The van der Waals surface area contributed by atoms with Gasteiger partial charge in [-0.3, -0.25) is 28.7 Å². The zero-order valence-corrected chi connectivity index (χ0v) is 43.1. The number of thiazole rings is 1. The molecule has 3 N–H and O–H groups in total.